The average Bonchev–Trinajstić information content (AvgIpc) is 2.78. The Hall–Kier alpha value is -2.08. The van der Waals surface area contributed by atoms with Crippen molar-refractivity contribution >= 4 is 5.82 Å². The van der Waals surface area contributed by atoms with Gasteiger partial charge in [0, 0.05) is 39.3 Å². The lowest BCUT2D eigenvalue weighted by Crippen LogP contribution is -2.32. The molecule has 0 aliphatic heterocycles. The summed E-state index contributed by atoms with van der Waals surface area (Å²) in [5.41, 5.74) is 2.17. The summed E-state index contributed by atoms with van der Waals surface area (Å²) in [6.07, 6.45) is 0. The van der Waals surface area contributed by atoms with E-state index < -0.39 is 0 Å². The molecule has 2 aromatic rings. The lowest BCUT2D eigenvalue weighted by Gasteiger charge is -2.18. The van der Waals surface area contributed by atoms with Gasteiger partial charge in [0.05, 0.1) is 5.69 Å². The molecule has 0 unspecified atom stereocenters. The van der Waals surface area contributed by atoms with Gasteiger partial charge in [-0.05, 0) is 26.0 Å². The van der Waals surface area contributed by atoms with Gasteiger partial charge in [-0.25, -0.2) is 4.39 Å². The fraction of sp³-hybridized carbons (Fsp3) is 0.471. The van der Waals surface area contributed by atoms with Crippen molar-refractivity contribution in [2.45, 2.75) is 26.4 Å². The highest BCUT2D eigenvalue weighted by molar-refractivity contribution is 5.48. The Bertz CT molecular complexity index is 654. The number of ether oxygens (including phenoxy) is 1. The maximum Gasteiger partial charge on any atom is 0.165 e. The second-order valence-electron chi connectivity index (χ2n) is 5.93. The minimum atomic E-state index is -0.335. The van der Waals surface area contributed by atoms with E-state index in [9.17, 15) is 4.39 Å². The van der Waals surface area contributed by atoms with Crippen molar-refractivity contribution < 1.29 is 9.13 Å². The van der Waals surface area contributed by atoms with Crippen molar-refractivity contribution in [2.75, 3.05) is 25.6 Å². The first-order valence-electron chi connectivity index (χ1n) is 7.70. The molecule has 6 heteroatoms. The summed E-state index contributed by atoms with van der Waals surface area (Å²) in [5, 5.41) is 7.88. The summed E-state index contributed by atoms with van der Waals surface area (Å²) in [4.78, 5) is 2.05. The summed E-state index contributed by atoms with van der Waals surface area (Å²) in [5.74, 6) is 1.03. The summed E-state index contributed by atoms with van der Waals surface area (Å²) in [6.45, 7) is 5.11. The van der Waals surface area contributed by atoms with Crippen LogP contribution in [0.5, 0.6) is 5.75 Å². The quantitative estimate of drug-likeness (QED) is 0.851. The second kappa shape index (κ2) is 7.46. The molecule has 1 aromatic heterocycles. The molecule has 1 N–H and O–H groups in total. The summed E-state index contributed by atoms with van der Waals surface area (Å²) in [6, 6.07) is 6.54. The van der Waals surface area contributed by atoms with Crippen LogP contribution < -0.4 is 15.0 Å². The van der Waals surface area contributed by atoms with Gasteiger partial charge in [0.2, 0.25) is 0 Å². The molecule has 0 aliphatic rings. The van der Waals surface area contributed by atoms with Crippen LogP contribution in [0.1, 0.15) is 18.2 Å². The molecular weight excluding hydrogens is 295 g/mol. The van der Waals surface area contributed by atoms with Gasteiger partial charge in [-0.3, -0.25) is 4.68 Å². The fourth-order valence-corrected chi connectivity index (χ4v) is 2.57. The second-order valence-corrected chi connectivity index (χ2v) is 5.93. The zero-order valence-electron chi connectivity index (χ0n) is 14.4. The van der Waals surface area contributed by atoms with Crippen molar-refractivity contribution in [1.82, 2.24) is 15.1 Å². The minimum absolute atomic E-state index is 0.0872. The predicted molar refractivity (Wildman–Crippen MR) is 90.5 cm³/mol. The molecule has 23 heavy (non-hydrogen) atoms. The van der Waals surface area contributed by atoms with Crippen LogP contribution in [0.4, 0.5) is 10.2 Å². The Morgan fingerprint density at radius 2 is 2.04 bits per heavy atom. The first kappa shape index (κ1) is 17.3. The molecule has 1 atom stereocenters. The van der Waals surface area contributed by atoms with E-state index in [2.05, 4.69) is 15.3 Å². The molecule has 5 nitrogen and oxygen atoms in total. The molecule has 0 saturated heterocycles. The minimum Gasteiger partial charge on any atom is -0.489 e. The maximum atomic E-state index is 13.5. The van der Waals surface area contributed by atoms with Crippen molar-refractivity contribution in [1.29, 1.82) is 0 Å². The molecule has 0 spiro atoms. The largest absolute Gasteiger partial charge is 0.489 e. The number of hydrogen-bond donors (Lipinski definition) is 1. The van der Waals surface area contributed by atoms with Crippen LogP contribution in [-0.2, 0) is 13.6 Å². The first-order valence-corrected chi connectivity index (χ1v) is 7.70. The predicted octanol–water partition coefficient (Wildman–Crippen LogP) is 2.49. The molecule has 1 heterocycles. The Kier molecular flexibility index (Phi) is 5.60. The van der Waals surface area contributed by atoms with Crippen molar-refractivity contribution in [3.05, 3.63) is 41.3 Å². The average molecular weight is 320 g/mol. The number of rotatable bonds is 7. The molecule has 2 rings (SSSR count). The van der Waals surface area contributed by atoms with Crippen LogP contribution in [0.15, 0.2) is 24.3 Å². The third-order valence-corrected chi connectivity index (χ3v) is 3.69. The van der Waals surface area contributed by atoms with Crippen molar-refractivity contribution in [3.63, 3.8) is 0 Å². The standard InChI is InChI=1S/C17H25FN4O/c1-12(11-23-16-9-7-6-8-15(16)18)19-10-14-13(2)20-22(5)17(14)21(3)4/h6-9,12,19H,10-11H2,1-5H3/t12-/m0/s1. The highest BCUT2D eigenvalue weighted by atomic mass is 19.1. The van der Waals surface area contributed by atoms with Crippen LogP contribution in [0.3, 0.4) is 0 Å². The van der Waals surface area contributed by atoms with E-state index in [1.54, 1.807) is 18.2 Å². The number of aryl methyl sites for hydroxylation is 2. The van der Waals surface area contributed by atoms with E-state index in [4.69, 9.17) is 4.74 Å². The third-order valence-electron chi connectivity index (χ3n) is 3.69. The number of halogens is 1. The lowest BCUT2D eigenvalue weighted by atomic mass is 10.2. The molecular formula is C17H25FN4O. The molecule has 1 aromatic carbocycles. The summed E-state index contributed by atoms with van der Waals surface area (Å²) < 4.78 is 20.9. The maximum absolute atomic E-state index is 13.5. The van der Waals surface area contributed by atoms with E-state index in [0.717, 1.165) is 17.1 Å². The molecule has 0 radical (unpaired) electrons. The third kappa shape index (κ3) is 4.22. The van der Waals surface area contributed by atoms with E-state index in [1.165, 1.54) is 6.07 Å². The SMILES string of the molecule is Cc1nn(C)c(N(C)C)c1CN[C@@H](C)COc1ccccc1F. The number of hydrogen-bond acceptors (Lipinski definition) is 4. The van der Waals surface area contributed by atoms with Crippen molar-refractivity contribution in [2.24, 2.45) is 7.05 Å². The Labute approximate surface area is 137 Å². The summed E-state index contributed by atoms with van der Waals surface area (Å²) >= 11 is 0. The van der Waals surface area contributed by atoms with Gasteiger partial charge in [0.25, 0.3) is 0 Å². The van der Waals surface area contributed by atoms with Crippen LogP contribution in [0.25, 0.3) is 0 Å². The van der Waals surface area contributed by atoms with E-state index >= 15 is 0 Å². The highest BCUT2D eigenvalue weighted by Crippen LogP contribution is 2.21. The fourth-order valence-electron chi connectivity index (χ4n) is 2.57. The molecule has 0 saturated carbocycles. The van der Waals surface area contributed by atoms with Gasteiger partial charge in [-0.1, -0.05) is 12.1 Å². The van der Waals surface area contributed by atoms with E-state index in [1.807, 2.05) is 39.7 Å². The number of benzene rings is 1. The molecule has 0 amide bonds. The number of aromatic nitrogens is 2. The van der Waals surface area contributed by atoms with Crippen LogP contribution in [0.2, 0.25) is 0 Å². The molecule has 0 aliphatic carbocycles. The normalized spacial score (nSPS) is 12.3. The van der Waals surface area contributed by atoms with E-state index in [-0.39, 0.29) is 17.6 Å². The number of para-hydroxylation sites is 1. The smallest absolute Gasteiger partial charge is 0.165 e. The molecule has 126 valence electrons. The highest BCUT2D eigenvalue weighted by Gasteiger charge is 2.15. The number of nitrogens with zero attached hydrogens (tertiary/aromatic N) is 3. The Morgan fingerprint density at radius 3 is 2.70 bits per heavy atom. The Balaban J connectivity index is 1.92. The van der Waals surface area contributed by atoms with Gasteiger partial charge in [-0.2, -0.15) is 5.10 Å². The van der Waals surface area contributed by atoms with Crippen LogP contribution in [0, 0.1) is 12.7 Å². The van der Waals surface area contributed by atoms with Gasteiger partial charge in [0.15, 0.2) is 11.6 Å². The van der Waals surface area contributed by atoms with Crippen LogP contribution >= 0.6 is 0 Å². The zero-order valence-corrected chi connectivity index (χ0v) is 14.4. The topological polar surface area (TPSA) is 42.3 Å². The summed E-state index contributed by atoms with van der Waals surface area (Å²) in [7, 11) is 5.95. The zero-order chi connectivity index (χ0) is 17.0. The van der Waals surface area contributed by atoms with Gasteiger partial charge >= 0.3 is 0 Å². The van der Waals surface area contributed by atoms with Gasteiger partial charge in [-0.15, -0.1) is 0 Å². The lowest BCUT2D eigenvalue weighted by molar-refractivity contribution is 0.261. The first-order chi connectivity index (χ1) is 10.9. The number of nitrogens with one attached hydrogen (secondary N) is 1. The van der Waals surface area contributed by atoms with Crippen molar-refractivity contribution in [3.8, 4) is 5.75 Å². The van der Waals surface area contributed by atoms with Gasteiger partial charge < -0.3 is 15.0 Å². The van der Waals surface area contributed by atoms with Gasteiger partial charge in [0.1, 0.15) is 12.4 Å². The molecule has 0 bridgehead atoms. The molecule has 0 fully saturated rings. The number of anilines is 1. The monoisotopic (exact) mass is 320 g/mol. The van der Waals surface area contributed by atoms with Crippen LogP contribution in [-0.4, -0.2) is 36.5 Å². The van der Waals surface area contributed by atoms with E-state index in [0.29, 0.717) is 13.2 Å². The Morgan fingerprint density at radius 1 is 1.35 bits per heavy atom.